The molecule has 1 aromatic carbocycles. The summed E-state index contributed by atoms with van der Waals surface area (Å²) in [6.07, 6.45) is 1.34. The Hall–Kier alpha value is -2.28. The van der Waals surface area contributed by atoms with E-state index in [0.29, 0.717) is 17.9 Å². The number of carboxylic acid groups (broad SMARTS) is 1. The van der Waals surface area contributed by atoms with E-state index in [9.17, 15) is 14.4 Å². The van der Waals surface area contributed by atoms with Gasteiger partial charge in [-0.2, -0.15) is 0 Å². The molecule has 0 aromatic heterocycles. The SMILES string of the molecule is CCN1C(=O)C(CC(=O)O)=C(C(=O)c2ccc(OC)cc2)C1SC. The van der Waals surface area contributed by atoms with Gasteiger partial charge in [-0.05, 0) is 37.4 Å². The summed E-state index contributed by atoms with van der Waals surface area (Å²) in [5.74, 6) is -1.21. The van der Waals surface area contributed by atoms with Gasteiger partial charge in [-0.15, -0.1) is 11.8 Å². The maximum absolute atomic E-state index is 12.9. The molecule has 0 spiro atoms. The highest BCUT2D eigenvalue weighted by molar-refractivity contribution is 7.99. The Balaban J connectivity index is 2.49. The Kier molecular flexibility index (Phi) is 5.66. The maximum Gasteiger partial charge on any atom is 0.308 e. The zero-order valence-electron chi connectivity index (χ0n) is 13.7. The van der Waals surface area contributed by atoms with Gasteiger partial charge in [-0.1, -0.05) is 0 Å². The molecule has 0 saturated carbocycles. The maximum atomic E-state index is 12.9. The minimum atomic E-state index is -1.13. The monoisotopic (exact) mass is 349 g/mol. The molecule has 6 nitrogen and oxygen atoms in total. The predicted octanol–water partition coefficient (Wildman–Crippen LogP) is 2.20. The van der Waals surface area contributed by atoms with E-state index in [1.165, 1.54) is 23.8 Å². The smallest absolute Gasteiger partial charge is 0.308 e. The molecule has 0 aliphatic carbocycles. The molecule has 1 aliphatic rings. The number of carbonyl (C=O) groups is 3. The third-order valence-electron chi connectivity index (χ3n) is 3.86. The Morgan fingerprint density at radius 2 is 1.92 bits per heavy atom. The highest BCUT2D eigenvalue weighted by atomic mass is 32.2. The van der Waals surface area contributed by atoms with Crippen molar-refractivity contribution in [2.75, 3.05) is 19.9 Å². The number of methoxy groups -OCH3 is 1. The van der Waals surface area contributed by atoms with E-state index in [4.69, 9.17) is 9.84 Å². The molecular weight excluding hydrogens is 330 g/mol. The number of hydrogen-bond acceptors (Lipinski definition) is 5. The molecule has 2 rings (SSSR count). The van der Waals surface area contributed by atoms with E-state index in [1.54, 1.807) is 37.4 Å². The number of ketones is 1. The van der Waals surface area contributed by atoms with Gasteiger partial charge < -0.3 is 14.7 Å². The fourth-order valence-corrected chi connectivity index (χ4v) is 3.71. The summed E-state index contributed by atoms with van der Waals surface area (Å²) in [5, 5.41) is 8.64. The molecule has 7 heteroatoms. The van der Waals surface area contributed by atoms with Gasteiger partial charge in [0.05, 0.1) is 13.5 Å². The first-order valence-electron chi connectivity index (χ1n) is 7.41. The summed E-state index contributed by atoms with van der Waals surface area (Å²) in [6.45, 7) is 2.22. The van der Waals surface area contributed by atoms with Crippen LogP contribution in [0.15, 0.2) is 35.4 Å². The molecule has 1 N–H and O–H groups in total. The largest absolute Gasteiger partial charge is 0.497 e. The van der Waals surface area contributed by atoms with E-state index in [0.717, 1.165) is 0 Å². The Labute approximate surface area is 144 Å². The van der Waals surface area contributed by atoms with Crippen molar-refractivity contribution in [3.8, 4) is 5.75 Å². The summed E-state index contributed by atoms with van der Waals surface area (Å²) in [7, 11) is 1.53. The molecule has 1 heterocycles. The topological polar surface area (TPSA) is 83.9 Å². The fourth-order valence-electron chi connectivity index (χ4n) is 2.72. The van der Waals surface area contributed by atoms with E-state index in [-0.39, 0.29) is 22.8 Å². The second kappa shape index (κ2) is 7.53. The zero-order valence-corrected chi connectivity index (χ0v) is 14.6. The lowest BCUT2D eigenvalue weighted by molar-refractivity contribution is -0.137. The molecule has 0 fully saturated rings. The van der Waals surface area contributed by atoms with Gasteiger partial charge >= 0.3 is 5.97 Å². The molecule has 128 valence electrons. The van der Waals surface area contributed by atoms with Crippen LogP contribution < -0.4 is 4.74 Å². The first-order chi connectivity index (χ1) is 11.4. The highest BCUT2D eigenvalue weighted by Gasteiger charge is 2.41. The lowest BCUT2D eigenvalue weighted by atomic mass is 9.98. The van der Waals surface area contributed by atoms with Crippen molar-refractivity contribution in [2.45, 2.75) is 18.7 Å². The average molecular weight is 349 g/mol. The van der Waals surface area contributed by atoms with Crippen LogP contribution in [0.2, 0.25) is 0 Å². The van der Waals surface area contributed by atoms with Gasteiger partial charge in [0, 0.05) is 23.3 Å². The summed E-state index contributed by atoms with van der Waals surface area (Å²) >= 11 is 1.35. The van der Waals surface area contributed by atoms with Gasteiger partial charge in [0.15, 0.2) is 5.78 Å². The number of carboxylic acids is 1. The number of aliphatic carboxylic acids is 1. The lowest BCUT2D eigenvalue weighted by Crippen LogP contribution is -2.34. The quantitative estimate of drug-likeness (QED) is 0.760. The van der Waals surface area contributed by atoms with Gasteiger partial charge in [-0.3, -0.25) is 14.4 Å². The van der Waals surface area contributed by atoms with Crippen molar-refractivity contribution in [2.24, 2.45) is 0 Å². The second-order valence-corrected chi connectivity index (χ2v) is 6.12. The summed E-state index contributed by atoms with van der Waals surface area (Å²) < 4.78 is 5.07. The van der Waals surface area contributed by atoms with Crippen LogP contribution in [-0.2, 0) is 9.59 Å². The van der Waals surface area contributed by atoms with Crippen LogP contribution >= 0.6 is 11.8 Å². The highest BCUT2D eigenvalue weighted by Crippen LogP contribution is 2.35. The lowest BCUT2D eigenvalue weighted by Gasteiger charge is -2.23. The third-order valence-corrected chi connectivity index (χ3v) is 4.80. The first kappa shape index (κ1) is 18.1. The number of amides is 1. The number of Topliss-reactive ketones (excluding diaryl/α,β-unsaturated/α-hetero) is 1. The predicted molar refractivity (Wildman–Crippen MR) is 91.3 cm³/mol. The number of likely N-dealkylation sites (N-methyl/N-ethyl adjacent to an activating group) is 1. The van der Waals surface area contributed by atoms with E-state index >= 15 is 0 Å². The molecule has 1 unspecified atom stereocenters. The molecule has 0 bridgehead atoms. The molecule has 0 radical (unpaired) electrons. The van der Waals surface area contributed by atoms with Crippen LogP contribution in [0.3, 0.4) is 0 Å². The number of benzene rings is 1. The van der Waals surface area contributed by atoms with Crippen molar-refractivity contribution in [1.29, 1.82) is 0 Å². The van der Waals surface area contributed by atoms with Gasteiger partial charge in [0.25, 0.3) is 5.91 Å². The number of hydrogen-bond donors (Lipinski definition) is 1. The molecule has 24 heavy (non-hydrogen) atoms. The van der Waals surface area contributed by atoms with Gasteiger partial charge in [0.1, 0.15) is 11.1 Å². The number of thioether (sulfide) groups is 1. The van der Waals surface area contributed by atoms with Crippen molar-refractivity contribution in [3.05, 3.63) is 41.0 Å². The van der Waals surface area contributed by atoms with Crippen LogP contribution in [0, 0.1) is 0 Å². The van der Waals surface area contributed by atoms with Crippen LogP contribution in [0.1, 0.15) is 23.7 Å². The molecule has 1 aliphatic heterocycles. The molecular formula is C17H19NO5S. The van der Waals surface area contributed by atoms with Crippen molar-refractivity contribution >= 4 is 29.4 Å². The van der Waals surface area contributed by atoms with Crippen molar-refractivity contribution in [1.82, 2.24) is 4.90 Å². The van der Waals surface area contributed by atoms with Crippen LogP contribution in [-0.4, -0.2) is 53.0 Å². The first-order valence-corrected chi connectivity index (χ1v) is 8.70. The number of rotatable bonds is 7. The summed E-state index contributed by atoms with van der Waals surface area (Å²) in [4.78, 5) is 38.1. The third kappa shape index (κ3) is 3.31. The number of ether oxygens (including phenoxy) is 1. The van der Waals surface area contributed by atoms with E-state index < -0.39 is 17.8 Å². The molecule has 1 amide bonds. The Morgan fingerprint density at radius 3 is 2.38 bits per heavy atom. The fraction of sp³-hybridized carbons (Fsp3) is 0.353. The minimum Gasteiger partial charge on any atom is -0.497 e. The molecule has 0 saturated heterocycles. The summed E-state index contributed by atoms with van der Waals surface area (Å²) in [6, 6.07) is 6.55. The number of nitrogens with zero attached hydrogens (tertiary/aromatic N) is 1. The van der Waals surface area contributed by atoms with Crippen LogP contribution in [0.25, 0.3) is 0 Å². The standard InChI is InChI=1S/C17H19NO5S/c1-4-18-16(22)12(9-13(19)20)14(17(18)24-3)15(21)10-5-7-11(23-2)8-6-10/h5-8,17H,4,9H2,1-3H3,(H,19,20). The second-order valence-electron chi connectivity index (χ2n) is 5.20. The Bertz CT molecular complexity index is 695. The number of carbonyl (C=O) groups excluding carboxylic acids is 2. The molecule has 1 aromatic rings. The molecule has 1 atom stereocenters. The van der Waals surface area contributed by atoms with Crippen molar-refractivity contribution in [3.63, 3.8) is 0 Å². The van der Waals surface area contributed by atoms with Crippen molar-refractivity contribution < 1.29 is 24.2 Å². The van der Waals surface area contributed by atoms with Gasteiger partial charge in [-0.25, -0.2) is 0 Å². The van der Waals surface area contributed by atoms with Crippen LogP contribution in [0.5, 0.6) is 5.75 Å². The average Bonchev–Trinajstić information content (AvgIpc) is 2.85. The Morgan fingerprint density at radius 1 is 1.29 bits per heavy atom. The van der Waals surface area contributed by atoms with Gasteiger partial charge in [0.2, 0.25) is 0 Å². The minimum absolute atomic E-state index is 0.0736. The van der Waals surface area contributed by atoms with E-state index in [2.05, 4.69) is 0 Å². The van der Waals surface area contributed by atoms with Crippen LogP contribution in [0.4, 0.5) is 0 Å². The zero-order chi connectivity index (χ0) is 17.9. The normalized spacial score (nSPS) is 17.4. The summed E-state index contributed by atoms with van der Waals surface area (Å²) in [5.41, 5.74) is 0.741. The van der Waals surface area contributed by atoms with E-state index in [1.807, 2.05) is 0 Å².